The number of hydrogen-bond acceptors (Lipinski definition) is 6. The lowest BCUT2D eigenvalue weighted by Gasteiger charge is -2.31. The standard InChI is InChI=1S/C25H27ClN4O5/c1-15-9-23(29-28-15)27-24(31)18-10-19(34-16(2)14-33-3)13-20(11-18)35-22-6-5-17(12-21(22)26)25(32)30-7-4-8-30/h5-6,9-13,16H,4,7-8,14H2,1-3H3,(H2,27,28,29,31). The number of ether oxygens (including phenoxy) is 3. The summed E-state index contributed by atoms with van der Waals surface area (Å²) in [5, 5.41) is 9.85. The molecule has 1 atom stereocenters. The summed E-state index contributed by atoms with van der Waals surface area (Å²) >= 11 is 6.43. The summed E-state index contributed by atoms with van der Waals surface area (Å²) in [7, 11) is 1.59. The number of aromatic amines is 1. The van der Waals surface area contributed by atoms with Gasteiger partial charge in [0.25, 0.3) is 11.8 Å². The van der Waals surface area contributed by atoms with E-state index in [-0.39, 0.29) is 22.9 Å². The van der Waals surface area contributed by atoms with E-state index >= 15 is 0 Å². The van der Waals surface area contributed by atoms with Gasteiger partial charge in [-0.2, -0.15) is 5.10 Å². The first kappa shape index (κ1) is 24.6. The molecule has 3 aromatic rings. The molecule has 1 aliphatic rings. The van der Waals surface area contributed by atoms with E-state index in [0.717, 1.165) is 25.2 Å². The SMILES string of the molecule is COCC(C)Oc1cc(Oc2ccc(C(=O)N3CCC3)cc2Cl)cc(C(=O)Nc2cc(C)[nH]n2)c1. The molecule has 35 heavy (non-hydrogen) atoms. The number of nitrogens with one attached hydrogen (secondary N) is 2. The van der Waals surface area contributed by atoms with Gasteiger partial charge in [0, 0.05) is 49.2 Å². The Balaban J connectivity index is 1.58. The minimum Gasteiger partial charge on any atom is -0.488 e. The molecule has 1 saturated heterocycles. The van der Waals surface area contributed by atoms with E-state index in [2.05, 4.69) is 15.5 Å². The van der Waals surface area contributed by atoms with Gasteiger partial charge in [-0.15, -0.1) is 0 Å². The number of aromatic nitrogens is 2. The summed E-state index contributed by atoms with van der Waals surface area (Å²) in [6, 6.07) is 11.5. The number of amides is 2. The van der Waals surface area contributed by atoms with Crippen LogP contribution in [-0.4, -0.2) is 59.8 Å². The molecule has 0 radical (unpaired) electrons. The molecule has 0 spiro atoms. The highest BCUT2D eigenvalue weighted by molar-refractivity contribution is 6.32. The number of carbonyl (C=O) groups excluding carboxylic acids is 2. The lowest BCUT2D eigenvalue weighted by atomic mass is 10.1. The number of methoxy groups -OCH3 is 1. The maximum absolute atomic E-state index is 12.9. The van der Waals surface area contributed by atoms with Crippen LogP contribution in [0.15, 0.2) is 42.5 Å². The summed E-state index contributed by atoms with van der Waals surface area (Å²) in [5.74, 6) is 1.09. The van der Waals surface area contributed by atoms with Gasteiger partial charge in [-0.3, -0.25) is 14.7 Å². The average molecular weight is 499 g/mol. The summed E-state index contributed by atoms with van der Waals surface area (Å²) < 4.78 is 17.1. The maximum Gasteiger partial charge on any atom is 0.257 e. The smallest absolute Gasteiger partial charge is 0.257 e. The fourth-order valence-corrected chi connectivity index (χ4v) is 3.77. The summed E-state index contributed by atoms with van der Waals surface area (Å²) in [4.78, 5) is 27.1. The third-order valence-corrected chi connectivity index (χ3v) is 5.67. The number of carbonyl (C=O) groups is 2. The zero-order valence-electron chi connectivity index (χ0n) is 19.8. The van der Waals surface area contributed by atoms with Crippen molar-refractivity contribution in [2.24, 2.45) is 0 Å². The van der Waals surface area contributed by atoms with Gasteiger partial charge in [-0.05, 0) is 50.6 Å². The first-order valence-corrected chi connectivity index (χ1v) is 11.6. The van der Waals surface area contributed by atoms with Gasteiger partial charge in [-0.25, -0.2) is 0 Å². The van der Waals surface area contributed by atoms with E-state index in [1.165, 1.54) is 0 Å². The molecule has 1 fully saturated rings. The van der Waals surface area contributed by atoms with Crippen LogP contribution >= 0.6 is 11.6 Å². The highest BCUT2D eigenvalue weighted by atomic mass is 35.5. The van der Waals surface area contributed by atoms with Crippen molar-refractivity contribution in [2.75, 3.05) is 32.1 Å². The second-order valence-corrected chi connectivity index (χ2v) is 8.77. The van der Waals surface area contributed by atoms with E-state index in [4.69, 9.17) is 25.8 Å². The molecule has 1 aromatic heterocycles. The molecule has 10 heteroatoms. The van der Waals surface area contributed by atoms with Crippen molar-refractivity contribution in [1.29, 1.82) is 0 Å². The Morgan fingerprint density at radius 3 is 2.54 bits per heavy atom. The molecule has 1 aliphatic heterocycles. The predicted octanol–water partition coefficient (Wildman–Crippen LogP) is 4.68. The molecule has 1 unspecified atom stereocenters. The van der Waals surface area contributed by atoms with Gasteiger partial charge < -0.3 is 24.4 Å². The van der Waals surface area contributed by atoms with Crippen molar-refractivity contribution in [3.63, 3.8) is 0 Å². The van der Waals surface area contributed by atoms with Gasteiger partial charge in [0.1, 0.15) is 23.4 Å². The van der Waals surface area contributed by atoms with Crippen molar-refractivity contribution >= 4 is 29.2 Å². The summed E-state index contributed by atoms with van der Waals surface area (Å²) in [6.07, 6.45) is 0.758. The minimum absolute atomic E-state index is 0.0558. The van der Waals surface area contributed by atoms with Crippen LogP contribution in [0.2, 0.25) is 5.02 Å². The lowest BCUT2D eigenvalue weighted by Crippen LogP contribution is -2.41. The Labute approximate surface area is 208 Å². The van der Waals surface area contributed by atoms with Crippen LogP contribution in [0.4, 0.5) is 5.82 Å². The molecule has 184 valence electrons. The monoisotopic (exact) mass is 498 g/mol. The molecule has 4 rings (SSSR count). The number of halogens is 1. The predicted molar refractivity (Wildman–Crippen MR) is 132 cm³/mol. The Morgan fingerprint density at radius 1 is 1.14 bits per heavy atom. The molecular formula is C25H27ClN4O5. The first-order chi connectivity index (χ1) is 16.8. The average Bonchev–Trinajstić information content (AvgIpc) is 3.18. The Hall–Kier alpha value is -3.56. The van der Waals surface area contributed by atoms with Crippen LogP contribution in [0.1, 0.15) is 39.8 Å². The first-order valence-electron chi connectivity index (χ1n) is 11.2. The minimum atomic E-state index is -0.382. The number of hydrogen-bond donors (Lipinski definition) is 2. The van der Waals surface area contributed by atoms with Gasteiger partial charge in [0.2, 0.25) is 0 Å². The van der Waals surface area contributed by atoms with E-state index in [1.54, 1.807) is 54.5 Å². The van der Waals surface area contributed by atoms with Gasteiger partial charge in [0.05, 0.1) is 11.6 Å². The number of likely N-dealkylation sites (tertiary alicyclic amines) is 1. The van der Waals surface area contributed by atoms with Crippen LogP contribution < -0.4 is 14.8 Å². The van der Waals surface area contributed by atoms with Crippen LogP contribution in [0.25, 0.3) is 0 Å². The Bertz CT molecular complexity index is 1220. The molecule has 2 amide bonds. The van der Waals surface area contributed by atoms with Crippen molar-refractivity contribution < 1.29 is 23.8 Å². The normalized spacial score (nSPS) is 13.7. The van der Waals surface area contributed by atoms with E-state index in [9.17, 15) is 9.59 Å². The van der Waals surface area contributed by atoms with Crippen molar-refractivity contribution in [3.8, 4) is 17.2 Å². The van der Waals surface area contributed by atoms with E-state index in [1.807, 2.05) is 13.8 Å². The highest BCUT2D eigenvalue weighted by Crippen LogP contribution is 2.33. The number of H-pyrrole nitrogens is 1. The molecule has 2 heterocycles. The van der Waals surface area contributed by atoms with Gasteiger partial charge in [-0.1, -0.05) is 11.6 Å². The Kier molecular flexibility index (Phi) is 7.57. The fraction of sp³-hybridized carbons (Fsp3) is 0.320. The molecule has 0 aliphatic carbocycles. The van der Waals surface area contributed by atoms with Crippen LogP contribution in [-0.2, 0) is 4.74 Å². The molecular weight excluding hydrogens is 472 g/mol. The highest BCUT2D eigenvalue weighted by Gasteiger charge is 2.22. The lowest BCUT2D eigenvalue weighted by molar-refractivity contribution is 0.0651. The molecule has 0 saturated carbocycles. The summed E-state index contributed by atoms with van der Waals surface area (Å²) in [6.45, 7) is 5.58. The molecule has 2 aromatic carbocycles. The quantitative estimate of drug-likeness (QED) is 0.444. The molecule has 2 N–H and O–H groups in total. The van der Waals surface area contributed by atoms with E-state index in [0.29, 0.717) is 40.8 Å². The van der Waals surface area contributed by atoms with Crippen molar-refractivity contribution in [3.05, 3.63) is 64.3 Å². The van der Waals surface area contributed by atoms with Crippen LogP contribution in [0, 0.1) is 6.92 Å². The molecule has 9 nitrogen and oxygen atoms in total. The third-order valence-electron chi connectivity index (χ3n) is 5.38. The zero-order valence-corrected chi connectivity index (χ0v) is 20.5. The largest absolute Gasteiger partial charge is 0.488 e. The summed E-state index contributed by atoms with van der Waals surface area (Å²) in [5.41, 5.74) is 1.63. The van der Waals surface area contributed by atoms with Crippen molar-refractivity contribution in [2.45, 2.75) is 26.4 Å². The second-order valence-electron chi connectivity index (χ2n) is 8.36. The topological polar surface area (TPSA) is 106 Å². The Morgan fingerprint density at radius 2 is 1.91 bits per heavy atom. The van der Waals surface area contributed by atoms with Crippen molar-refractivity contribution in [1.82, 2.24) is 15.1 Å². The second kappa shape index (κ2) is 10.8. The fourth-order valence-electron chi connectivity index (χ4n) is 3.55. The number of aryl methyl sites for hydroxylation is 1. The number of benzene rings is 2. The van der Waals surface area contributed by atoms with Crippen LogP contribution in [0.5, 0.6) is 17.2 Å². The third kappa shape index (κ3) is 6.12. The van der Waals surface area contributed by atoms with Gasteiger partial charge >= 0.3 is 0 Å². The number of nitrogens with zero attached hydrogens (tertiary/aromatic N) is 2. The zero-order chi connectivity index (χ0) is 24.9. The number of rotatable bonds is 9. The van der Waals surface area contributed by atoms with Gasteiger partial charge in [0.15, 0.2) is 5.82 Å². The van der Waals surface area contributed by atoms with E-state index < -0.39 is 0 Å². The maximum atomic E-state index is 12.9. The molecule has 0 bridgehead atoms. The van der Waals surface area contributed by atoms with Crippen LogP contribution in [0.3, 0.4) is 0 Å². The number of anilines is 1.